The predicted octanol–water partition coefficient (Wildman–Crippen LogP) is 3.53. The lowest BCUT2D eigenvalue weighted by Gasteiger charge is -2.08. The number of halogens is 3. The van der Waals surface area contributed by atoms with Gasteiger partial charge in [0.1, 0.15) is 17.5 Å². The Hall–Kier alpha value is -1.30. The largest absolute Gasteiger partial charge is 0.310 e. The van der Waals surface area contributed by atoms with E-state index in [2.05, 4.69) is 26.1 Å². The molecule has 3 nitrogen and oxygen atoms in total. The number of nitrogens with zero attached hydrogens (tertiary/aromatic N) is 3. The van der Waals surface area contributed by atoms with Gasteiger partial charge in [-0.15, -0.1) is 10.2 Å². The van der Waals surface area contributed by atoms with Gasteiger partial charge in [0.2, 0.25) is 0 Å². The van der Waals surface area contributed by atoms with Crippen molar-refractivity contribution in [3.63, 3.8) is 0 Å². The van der Waals surface area contributed by atoms with E-state index in [0.717, 1.165) is 18.3 Å². The molecule has 0 N–H and O–H groups in total. The van der Waals surface area contributed by atoms with Gasteiger partial charge in [-0.2, -0.15) is 0 Å². The molecule has 1 aromatic carbocycles. The smallest absolute Gasteiger partial charge is 0.166 e. The molecule has 0 aliphatic heterocycles. The van der Waals surface area contributed by atoms with Gasteiger partial charge < -0.3 is 4.57 Å². The van der Waals surface area contributed by atoms with E-state index in [1.807, 2.05) is 11.5 Å². The third-order valence-corrected chi connectivity index (χ3v) is 3.07. The molecule has 0 aliphatic carbocycles. The zero-order valence-corrected chi connectivity index (χ0v) is 11.4. The number of hydrogen-bond donors (Lipinski definition) is 0. The minimum atomic E-state index is -0.624. The second-order valence-electron chi connectivity index (χ2n) is 3.85. The van der Waals surface area contributed by atoms with Crippen LogP contribution < -0.4 is 0 Å². The zero-order valence-electron chi connectivity index (χ0n) is 9.83. The predicted molar refractivity (Wildman–Crippen MR) is 68.3 cm³/mol. The van der Waals surface area contributed by atoms with Crippen LogP contribution in [0.1, 0.15) is 19.2 Å². The molecule has 96 valence electrons. The fraction of sp³-hybridized carbons (Fsp3) is 0.333. The molecule has 0 unspecified atom stereocenters. The molecule has 1 heterocycles. The Labute approximate surface area is 112 Å². The molecular formula is C12H12BrF2N3. The molecule has 2 aromatic rings. The summed E-state index contributed by atoms with van der Waals surface area (Å²) >= 11 is 3.32. The first-order valence-electron chi connectivity index (χ1n) is 5.60. The van der Waals surface area contributed by atoms with Crippen molar-refractivity contribution >= 4 is 15.9 Å². The van der Waals surface area contributed by atoms with E-state index in [0.29, 0.717) is 17.7 Å². The minimum absolute atomic E-state index is 0.268. The maximum absolute atomic E-state index is 13.7. The summed E-state index contributed by atoms with van der Waals surface area (Å²) in [4.78, 5) is 0. The summed E-state index contributed by atoms with van der Waals surface area (Å²) in [7, 11) is 0. The third kappa shape index (κ3) is 2.43. The van der Waals surface area contributed by atoms with Crippen LogP contribution in [0.4, 0.5) is 8.78 Å². The van der Waals surface area contributed by atoms with Gasteiger partial charge in [0, 0.05) is 12.6 Å². The number of alkyl halides is 1. The first-order valence-corrected chi connectivity index (χ1v) is 6.73. The topological polar surface area (TPSA) is 30.7 Å². The summed E-state index contributed by atoms with van der Waals surface area (Å²) in [6, 6.07) is 3.46. The molecule has 1 aromatic heterocycles. The standard InChI is InChI=1S/C12H12BrF2N3/c1-2-5-18-11(7-13)16-17-12(18)9-4-3-8(14)6-10(9)15/h3-4,6H,2,5,7H2,1H3. The SMILES string of the molecule is CCCn1c(CBr)nnc1-c1ccc(F)cc1F. The molecule has 18 heavy (non-hydrogen) atoms. The molecule has 0 bridgehead atoms. The van der Waals surface area contributed by atoms with Crippen LogP contribution in [-0.4, -0.2) is 14.8 Å². The number of benzene rings is 1. The lowest BCUT2D eigenvalue weighted by atomic mass is 10.2. The Morgan fingerprint density at radius 2 is 2.06 bits per heavy atom. The van der Waals surface area contributed by atoms with E-state index in [4.69, 9.17) is 0 Å². The lowest BCUT2D eigenvalue weighted by molar-refractivity contribution is 0.582. The maximum atomic E-state index is 13.7. The van der Waals surface area contributed by atoms with Crippen LogP contribution in [0.5, 0.6) is 0 Å². The summed E-state index contributed by atoms with van der Waals surface area (Å²) in [5.74, 6) is -0.0567. The van der Waals surface area contributed by atoms with Gasteiger partial charge in [0.05, 0.1) is 10.9 Å². The van der Waals surface area contributed by atoms with Crippen molar-refractivity contribution in [1.29, 1.82) is 0 Å². The molecule has 6 heteroatoms. The maximum Gasteiger partial charge on any atom is 0.166 e. The van der Waals surface area contributed by atoms with Crippen molar-refractivity contribution in [2.24, 2.45) is 0 Å². The van der Waals surface area contributed by atoms with Crippen molar-refractivity contribution in [2.75, 3.05) is 0 Å². The highest BCUT2D eigenvalue weighted by Gasteiger charge is 2.16. The molecule has 2 rings (SSSR count). The molecule has 0 saturated heterocycles. The zero-order chi connectivity index (χ0) is 13.1. The summed E-state index contributed by atoms with van der Waals surface area (Å²) in [6.45, 7) is 2.71. The van der Waals surface area contributed by atoms with Crippen LogP contribution in [0.3, 0.4) is 0 Å². The van der Waals surface area contributed by atoms with Crippen molar-refractivity contribution < 1.29 is 8.78 Å². The van der Waals surface area contributed by atoms with E-state index < -0.39 is 11.6 Å². The molecular weight excluding hydrogens is 304 g/mol. The first-order chi connectivity index (χ1) is 8.67. The van der Waals surface area contributed by atoms with Crippen LogP contribution in [0, 0.1) is 11.6 Å². The number of hydrogen-bond acceptors (Lipinski definition) is 2. The van der Waals surface area contributed by atoms with Gasteiger partial charge in [-0.3, -0.25) is 0 Å². The van der Waals surface area contributed by atoms with Crippen LogP contribution in [0.2, 0.25) is 0 Å². The van der Waals surface area contributed by atoms with E-state index in [1.54, 1.807) is 0 Å². The van der Waals surface area contributed by atoms with Crippen molar-refractivity contribution in [1.82, 2.24) is 14.8 Å². The normalized spacial score (nSPS) is 10.9. The first kappa shape index (κ1) is 13.1. The number of aromatic nitrogens is 3. The molecule has 0 amide bonds. The van der Waals surface area contributed by atoms with Gasteiger partial charge in [0.15, 0.2) is 5.82 Å². The van der Waals surface area contributed by atoms with Crippen LogP contribution >= 0.6 is 15.9 Å². The second-order valence-corrected chi connectivity index (χ2v) is 4.41. The number of rotatable bonds is 4. The summed E-state index contributed by atoms with van der Waals surface area (Å²) < 4.78 is 28.5. The van der Waals surface area contributed by atoms with Crippen molar-refractivity contribution in [2.45, 2.75) is 25.2 Å². The van der Waals surface area contributed by atoms with Crippen LogP contribution in [0.15, 0.2) is 18.2 Å². The average molecular weight is 316 g/mol. The summed E-state index contributed by atoms with van der Waals surface area (Å²) in [5.41, 5.74) is 0.268. The Kier molecular flexibility index (Phi) is 4.06. The fourth-order valence-electron chi connectivity index (χ4n) is 1.76. The molecule has 0 atom stereocenters. The quantitative estimate of drug-likeness (QED) is 0.808. The summed E-state index contributed by atoms with van der Waals surface area (Å²) in [5, 5.41) is 8.53. The van der Waals surface area contributed by atoms with Crippen molar-refractivity contribution in [3.8, 4) is 11.4 Å². The molecule has 0 fully saturated rings. The Morgan fingerprint density at radius 3 is 2.67 bits per heavy atom. The van der Waals surface area contributed by atoms with Gasteiger partial charge in [-0.25, -0.2) is 8.78 Å². The monoisotopic (exact) mass is 315 g/mol. The Bertz CT molecular complexity index is 554. The highest BCUT2D eigenvalue weighted by Crippen LogP contribution is 2.23. The lowest BCUT2D eigenvalue weighted by Crippen LogP contribution is -2.04. The Morgan fingerprint density at radius 1 is 1.28 bits per heavy atom. The highest BCUT2D eigenvalue weighted by molar-refractivity contribution is 9.08. The van der Waals surface area contributed by atoms with Crippen LogP contribution in [0.25, 0.3) is 11.4 Å². The van der Waals surface area contributed by atoms with E-state index >= 15 is 0 Å². The second kappa shape index (κ2) is 5.56. The van der Waals surface area contributed by atoms with Gasteiger partial charge >= 0.3 is 0 Å². The molecule has 0 spiro atoms. The van der Waals surface area contributed by atoms with E-state index in [-0.39, 0.29) is 5.56 Å². The average Bonchev–Trinajstić information content (AvgIpc) is 2.73. The summed E-state index contributed by atoms with van der Waals surface area (Å²) in [6.07, 6.45) is 0.883. The molecule has 0 radical (unpaired) electrons. The van der Waals surface area contributed by atoms with E-state index in [1.165, 1.54) is 12.1 Å². The van der Waals surface area contributed by atoms with Gasteiger partial charge in [-0.05, 0) is 18.6 Å². The fourth-order valence-corrected chi connectivity index (χ4v) is 2.18. The molecule has 0 saturated carbocycles. The van der Waals surface area contributed by atoms with Gasteiger partial charge in [0.25, 0.3) is 0 Å². The van der Waals surface area contributed by atoms with Gasteiger partial charge in [-0.1, -0.05) is 22.9 Å². The minimum Gasteiger partial charge on any atom is -0.310 e. The third-order valence-electron chi connectivity index (χ3n) is 2.57. The van der Waals surface area contributed by atoms with Crippen molar-refractivity contribution in [3.05, 3.63) is 35.7 Å². The van der Waals surface area contributed by atoms with Crippen LogP contribution in [-0.2, 0) is 11.9 Å². The molecule has 0 aliphatic rings. The van der Waals surface area contributed by atoms with E-state index in [9.17, 15) is 8.78 Å². The highest BCUT2D eigenvalue weighted by atomic mass is 79.9. The Balaban J connectivity index is 2.52.